The number of aryl methyl sites for hydroxylation is 1. The summed E-state index contributed by atoms with van der Waals surface area (Å²) in [7, 11) is 0. The fourth-order valence-corrected chi connectivity index (χ4v) is 2.67. The van der Waals surface area contributed by atoms with Crippen molar-refractivity contribution in [1.82, 2.24) is 20.0 Å². The molecule has 3 rings (SSSR count). The van der Waals surface area contributed by atoms with E-state index in [-0.39, 0.29) is 12.0 Å². The Morgan fingerprint density at radius 2 is 2.13 bits per heavy atom. The number of nitrogens with one attached hydrogen (secondary N) is 1. The van der Waals surface area contributed by atoms with E-state index in [1.54, 1.807) is 9.58 Å². The zero-order chi connectivity index (χ0) is 16.6. The number of nitrogens with zero attached hydrogens (tertiary/aromatic N) is 3. The molecule has 2 aliphatic heterocycles. The summed E-state index contributed by atoms with van der Waals surface area (Å²) in [6, 6.07) is 0. The zero-order valence-corrected chi connectivity index (χ0v) is 13.7. The second kappa shape index (κ2) is 5.75. The normalized spacial score (nSPS) is 18.0. The van der Waals surface area contributed by atoms with E-state index < -0.39 is 5.60 Å². The quantitative estimate of drug-likeness (QED) is 0.774. The summed E-state index contributed by atoms with van der Waals surface area (Å²) in [4.78, 5) is 26.0. The average Bonchev–Trinajstić information content (AvgIpc) is 2.61. The number of hydrogen-bond donors (Lipinski definition) is 1. The molecular weight excluding hydrogens is 300 g/mol. The van der Waals surface area contributed by atoms with E-state index in [1.165, 1.54) is 0 Å². The lowest BCUT2D eigenvalue weighted by Gasteiger charge is -2.26. The van der Waals surface area contributed by atoms with E-state index in [4.69, 9.17) is 9.47 Å². The van der Waals surface area contributed by atoms with Crippen LogP contribution in [0.4, 0.5) is 4.79 Å². The third-order valence-corrected chi connectivity index (χ3v) is 3.65. The Labute approximate surface area is 134 Å². The summed E-state index contributed by atoms with van der Waals surface area (Å²) in [6.45, 7) is 7.90. The summed E-state index contributed by atoms with van der Waals surface area (Å²) in [5.41, 5.74) is 0.501. The molecular formula is C15H22N4O4. The molecule has 0 aromatic carbocycles. The first kappa shape index (κ1) is 15.6. The molecule has 0 fully saturated rings. The van der Waals surface area contributed by atoms with Gasteiger partial charge in [-0.1, -0.05) is 0 Å². The van der Waals surface area contributed by atoms with E-state index in [2.05, 4.69) is 10.4 Å². The topological polar surface area (TPSA) is 85.7 Å². The molecule has 2 aliphatic rings. The zero-order valence-electron chi connectivity index (χ0n) is 13.7. The van der Waals surface area contributed by atoms with Crippen LogP contribution >= 0.6 is 0 Å². The van der Waals surface area contributed by atoms with Crippen LogP contribution in [0.1, 0.15) is 43.4 Å². The largest absolute Gasteiger partial charge is 0.487 e. The van der Waals surface area contributed by atoms with E-state index in [1.807, 2.05) is 20.8 Å². The first-order valence-electron chi connectivity index (χ1n) is 7.84. The molecule has 8 nitrogen and oxygen atoms in total. The van der Waals surface area contributed by atoms with Crippen molar-refractivity contribution in [3.05, 3.63) is 11.4 Å². The Hall–Kier alpha value is -2.25. The van der Waals surface area contributed by atoms with Crippen LogP contribution in [-0.4, -0.2) is 52.0 Å². The summed E-state index contributed by atoms with van der Waals surface area (Å²) in [5, 5.41) is 7.11. The van der Waals surface area contributed by atoms with E-state index in [9.17, 15) is 9.59 Å². The van der Waals surface area contributed by atoms with Crippen LogP contribution < -0.4 is 10.1 Å². The van der Waals surface area contributed by atoms with Gasteiger partial charge in [-0.2, -0.15) is 5.10 Å². The van der Waals surface area contributed by atoms with Crippen molar-refractivity contribution in [1.29, 1.82) is 0 Å². The fraction of sp³-hybridized carbons (Fsp3) is 0.667. The smallest absolute Gasteiger partial charge is 0.410 e. The van der Waals surface area contributed by atoms with Gasteiger partial charge in [0.05, 0.1) is 13.1 Å². The second-order valence-corrected chi connectivity index (χ2v) is 6.71. The van der Waals surface area contributed by atoms with Gasteiger partial charge < -0.3 is 19.7 Å². The number of ether oxygens (including phenoxy) is 2. The summed E-state index contributed by atoms with van der Waals surface area (Å²) < 4.78 is 12.9. The average molecular weight is 322 g/mol. The molecule has 8 heteroatoms. The van der Waals surface area contributed by atoms with Gasteiger partial charge in [0.1, 0.15) is 17.9 Å². The molecule has 3 heterocycles. The molecule has 0 unspecified atom stereocenters. The summed E-state index contributed by atoms with van der Waals surface area (Å²) >= 11 is 0. The molecule has 0 aliphatic carbocycles. The molecule has 0 atom stereocenters. The monoisotopic (exact) mass is 322 g/mol. The highest BCUT2D eigenvalue weighted by molar-refractivity contribution is 5.95. The van der Waals surface area contributed by atoms with E-state index >= 15 is 0 Å². The minimum absolute atomic E-state index is 0.234. The minimum Gasteiger partial charge on any atom is -0.487 e. The lowest BCUT2D eigenvalue weighted by Crippen LogP contribution is -2.36. The van der Waals surface area contributed by atoms with Crippen LogP contribution in [0.25, 0.3) is 0 Å². The Morgan fingerprint density at radius 1 is 1.35 bits per heavy atom. The van der Waals surface area contributed by atoms with Crippen molar-refractivity contribution in [2.75, 3.05) is 19.7 Å². The first-order chi connectivity index (χ1) is 10.8. The summed E-state index contributed by atoms with van der Waals surface area (Å²) in [6.07, 6.45) is 0.382. The van der Waals surface area contributed by atoms with Gasteiger partial charge in [-0.25, -0.2) is 4.79 Å². The molecule has 0 spiro atoms. The number of fused-ring (bicyclic) bond motifs is 3. The van der Waals surface area contributed by atoms with Gasteiger partial charge in [-0.3, -0.25) is 9.48 Å². The number of amides is 2. The van der Waals surface area contributed by atoms with Crippen LogP contribution in [-0.2, 0) is 17.8 Å². The predicted molar refractivity (Wildman–Crippen MR) is 81.3 cm³/mol. The maximum atomic E-state index is 12.4. The van der Waals surface area contributed by atoms with Crippen molar-refractivity contribution < 1.29 is 19.1 Å². The molecule has 23 heavy (non-hydrogen) atoms. The van der Waals surface area contributed by atoms with Gasteiger partial charge >= 0.3 is 6.09 Å². The first-order valence-corrected chi connectivity index (χ1v) is 7.84. The van der Waals surface area contributed by atoms with Gasteiger partial charge in [-0.15, -0.1) is 0 Å². The Bertz CT molecular complexity index is 632. The lowest BCUT2D eigenvalue weighted by molar-refractivity contribution is 0.0235. The Balaban J connectivity index is 1.88. The van der Waals surface area contributed by atoms with Crippen LogP contribution in [0.3, 0.4) is 0 Å². The van der Waals surface area contributed by atoms with Gasteiger partial charge in [0, 0.05) is 13.1 Å². The van der Waals surface area contributed by atoms with Crippen molar-refractivity contribution in [2.24, 2.45) is 0 Å². The van der Waals surface area contributed by atoms with E-state index in [0.29, 0.717) is 44.2 Å². The van der Waals surface area contributed by atoms with Gasteiger partial charge in [0.25, 0.3) is 5.91 Å². The van der Waals surface area contributed by atoms with E-state index in [0.717, 1.165) is 12.1 Å². The molecule has 0 radical (unpaired) electrons. The number of rotatable bonds is 0. The van der Waals surface area contributed by atoms with Crippen molar-refractivity contribution in [2.45, 2.75) is 45.9 Å². The van der Waals surface area contributed by atoms with Crippen molar-refractivity contribution >= 4 is 12.0 Å². The minimum atomic E-state index is -0.545. The Kier molecular flexibility index (Phi) is 3.91. The highest BCUT2D eigenvalue weighted by Gasteiger charge is 2.31. The lowest BCUT2D eigenvalue weighted by atomic mass is 10.2. The molecule has 1 N–H and O–H groups in total. The number of carbonyl (C=O) groups is 2. The van der Waals surface area contributed by atoms with Gasteiger partial charge in [0.2, 0.25) is 0 Å². The third kappa shape index (κ3) is 3.25. The molecule has 0 saturated carbocycles. The molecule has 0 bridgehead atoms. The SMILES string of the molecule is CC(C)(C)OC(=O)N1CCCn2nc3c(c2C1)OCCNC3=O. The maximum absolute atomic E-state index is 12.4. The Morgan fingerprint density at radius 3 is 2.87 bits per heavy atom. The van der Waals surface area contributed by atoms with Crippen LogP contribution in [0, 0.1) is 0 Å². The molecule has 1 aromatic heterocycles. The van der Waals surface area contributed by atoms with Crippen LogP contribution in [0.2, 0.25) is 0 Å². The van der Waals surface area contributed by atoms with Gasteiger partial charge in [-0.05, 0) is 27.2 Å². The summed E-state index contributed by atoms with van der Waals surface area (Å²) in [5.74, 6) is 0.248. The maximum Gasteiger partial charge on any atom is 0.410 e. The number of aromatic nitrogens is 2. The highest BCUT2D eigenvalue weighted by atomic mass is 16.6. The number of carbonyl (C=O) groups excluding carboxylic acids is 2. The number of hydrogen-bond acceptors (Lipinski definition) is 5. The molecule has 0 saturated heterocycles. The highest BCUT2D eigenvalue weighted by Crippen LogP contribution is 2.29. The molecule has 126 valence electrons. The van der Waals surface area contributed by atoms with Gasteiger partial charge in [0.15, 0.2) is 11.4 Å². The van der Waals surface area contributed by atoms with Crippen molar-refractivity contribution in [3.63, 3.8) is 0 Å². The molecule has 2 amide bonds. The standard InChI is InChI=1S/C15H22N4O4/c1-15(2,3)23-14(21)18-6-4-7-19-10(9-18)12-11(17-19)13(20)16-5-8-22-12/h4-9H2,1-3H3,(H,16,20). The second-order valence-electron chi connectivity index (χ2n) is 6.71. The predicted octanol–water partition coefficient (Wildman–Crippen LogP) is 1.15. The van der Waals surface area contributed by atoms with Crippen LogP contribution in [0.5, 0.6) is 5.75 Å². The van der Waals surface area contributed by atoms with Crippen molar-refractivity contribution in [3.8, 4) is 5.75 Å². The van der Waals surface area contributed by atoms with Crippen LogP contribution in [0.15, 0.2) is 0 Å². The molecule has 1 aromatic rings. The third-order valence-electron chi connectivity index (χ3n) is 3.65. The fourth-order valence-electron chi connectivity index (χ4n) is 2.67.